The Morgan fingerprint density at radius 2 is 1.53 bits per heavy atom. The fourth-order valence-corrected chi connectivity index (χ4v) is 4.96. The molecular formula is C19H19F3N4O3S. The molecule has 0 saturated carbocycles. The highest BCUT2D eigenvalue weighted by Gasteiger charge is 2.31. The molecule has 1 aliphatic rings. The summed E-state index contributed by atoms with van der Waals surface area (Å²) in [5.41, 5.74) is 0.586. The quantitative estimate of drug-likeness (QED) is 0.652. The minimum atomic E-state index is -4.37. The fourth-order valence-electron chi connectivity index (χ4n) is 3.51. The number of H-pyrrole nitrogens is 2. The summed E-state index contributed by atoms with van der Waals surface area (Å²) in [6.07, 6.45) is -4.37. The van der Waals surface area contributed by atoms with Crippen LogP contribution in [-0.2, 0) is 22.7 Å². The number of nitrogens with zero attached hydrogens (tertiary/aromatic N) is 2. The largest absolute Gasteiger partial charge is 0.416 e. The summed E-state index contributed by atoms with van der Waals surface area (Å²) in [5.74, 6) is 0. The molecular weight excluding hydrogens is 421 g/mol. The number of halogens is 3. The van der Waals surface area contributed by atoms with Crippen molar-refractivity contribution in [3.8, 4) is 0 Å². The van der Waals surface area contributed by atoms with E-state index in [1.165, 1.54) is 28.6 Å². The molecule has 1 aliphatic heterocycles. The number of imidazole rings is 1. The molecule has 0 radical (unpaired) electrons. The lowest BCUT2D eigenvalue weighted by molar-refractivity contribution is -0.137. The van der Waals surface area contributed by atoms with E-state index >= 15 is 0 Å². The zero-order chi connectivity index (χ0) is 21.5. The van der Waals surface area contributed by atoms with Gasteiger partial charge in [-0.3, -0.25) is 4.90 Å². The van der Waals surface area contributed by atoms with Gasteiger partial charge in [-0.2, -0.15) is 17.5 Å². The standard InChI is InChI=1S/C19H19F3N4O3S/c20-19(21,22)14-3-1-13(2-4-14)12-25-7-9-26(10-8-25)30(28,29)15-5-6-16-17(11-15)24-18(27)23-16/h1-6,11H,7-10,12H2,(H2,23,24,27). The van der Waals surface area contributed by atoms with E-state index in [4.69, 9.17) is 0 Å². The summed E-state index contributed by atoms with van der Waals surface area (Å²) < 4.78 is 65.2. The number of rotatable bonds is 4. The zero-order valence-corrected chi connectivity index (χ0v) is 16.6. The Bertz CT molecular complexity index is 1210. The predicted octanol–water partition coefficient (Wildman–Crippen LogP) is 2.38. The molecule has 0 unspecified atom stereocenters. The molecule has 0 spiro atoms. The van der Waals surface area contributed by atoms with Crippen molar-refractivity contribution in [3.05, 3.63) is 64.1 Å². The average molecular weight is 440 g/mol. The second-order valence-electron chi connectivity index (χ2n) is 7.16. The van der Waals surface area contributed by atoms with Crippen molar-refractivity contribution < 1.29 is 21.6 Å². The van der Waals surface area contributed by atoms with Crippen molar-refractivity contribution in [3.63, 3.8) is 0 Å². The Labute approximate surface area is 170 Å². The van der Waals surface area contributed by atoms with Crippen LogP contribution >= 0.6 is 0 Å². The predicted molar refractivity (Wildman–Crippen MR) is 104 cm³/mol. The van der Waals surface area contributed by atoms with E-state index in [1.54, 1.807) is 6.07 Å². The molecule has 1 saturated heterocycles. The summed E-state index contributed by atoms with van der Waals surface area (Å²) in [6, 6.07) is 9.42. The molecule has 160 valence electrons. The molecule has 7 nitrogen and oxygen atoms in total. The summed E-state index contributed by atoms with van der Waals surface area (Å²) in [6.45, 7) is 1.91. The van der Waals surface area contributed by atoms with Crippen LogP contribution in [0.2, 0.25) is 0 Å². The maximum Gasteiger partial charge on any atom is 0.416 e. The Morgan fingerprint density at radius 3 is 2.17 bits per heavy atom. The maximum absolute atomic E-state index is 12.9. The van der Waals surface area contributed by atoms with Gasteiger partial charge in [0.1, 0.15) is 0 Å². The molecule has 4 rings (SSSR count). The highest BCUT2D eigenvalue weighted by atomic mass is 32.2. The molecule has 0 aliphatic carbocycles. The fraction of sp³-hybridized carbons (Fsp3) is 0.316. The summed E-state index contributed by atoms with van der Waals surface area (Å²) >= 11 is 0. The second kappa shape index (κ2) is 7.56. The van der Waals surface area contributed by atoms with Crippen molar-refractivity contribution in [2.75, 3.05) is 26.2 Å². The Hall–Kier alpha value is -2.63. The molecule has 0 amide bonds. The molecule has 0 atom stereocenters. The third-order valence-electron chi connectivity index (χ3n) is 5.14. The first-order chi connectivity index (χ1) is 14.1. The topological polar surface area (TPSA) is 89.3 Å². The van der Waals surface area contributed by atoms with E-state index in [-0.39, 0.29) is 18.0 Å². The Kier molecular flexibility index (Phi) is 5.20. The average Bonchev–Trinajstić information content (AvgIpc) is 3.07. The first-order valence-electron chi connectivity index (χ1n) is 9.24. The molecule has 2 heterocycles. The number of alkyl halides is 3. The van der Waals surface area contributed by atoms with E-state index in [0.29, 0.717) is 30.7 Å². The van der Waals surface area contributed by atoms with Gasteiger partial charge in [0.25, 0.3) is 0 Å². The van der Waals surface area contributed by atoms with E-state index in [1.807, 2.05) is 4.90 Å². The number of aromatic nitrogens is 2. The van der Waals surface area contributed by atoms with E-state index in [0.717, 1.165) is 17.7 Å². The number of aromatic amines is 2. The van der Waals surface area contributed by atoms with E-state index in [9.17, 15) is 26.4 Å². The lowest BCUT2D eigenvalue weighted by Gasteiger charge is -2.34. The minimum absolute atomic E-state index is 0.0986. The minimum Gasteiger partial charge on any atom is -0.306 e. The van der Waals surface area contributed by atoms with Gasteiger partial charge in [-0.05, 0) is 35.9 Å². The van der Waals surface area contributed by atoms with Crippen LogP contribution in [0.5, 0.6) is 0 Å². The number of sulfonamides is 1. The smallest absolute Gasteiger partial charge is 0.306 e. The van der Waals surface area contributed by atoms with Crippen LogP contribution in [0, 0.1) is 0 Å². The molecule has 2 aromatic carbocycles. The maximum atomic E-state index is 12.9. The summed E-state index contributed by atoms with van der Waals surface area (Å²) in [4.78, 5) is 18.6. The number of piperazine rings is 1. The van der Waals surface area contributed by atoms with Gasteiger partial charge in [0.2, 0.25) is 10.0 Å². The van der Waals surface area contributed by atoms with Gasteiger partial charge in [-0.1, -0.05) is 12.1 Å². The summed E-state index contributed by atoms with van der Waals surface area (Å²) in [7, 11) is -3.72. The van der Waals surface area contributed by atoms with Gasteiger partial charge in [0.05, 0.1) is 21.5 Å². The molecule has 3 aromatic rings. The zero-order valence-electron chi connectivity index (χ0n) is 15.7. The second-order valence-corrected chi connectivity index (χ2v) is 9.10. The van der Waals surface area contributed by atoms with Gasteiger partial charge in [-0.25, -0.2) is 13.2 Å². The van der Waals surface area contributed by atoms with Gasteiger partial charge in [0.15, 0.2) is 0 Å². The Morgan fingerprint density at radius 1 is 0.900 bits per heavy atom. The van der Waals surface area contributed by atoms with Crippen LogP contribution < -0.4 is 5.69 Å². The first-order valence-corrected chi connectivity index (χ1v) is 10.7. The molecule has 0 bridgehead atoms. The molecule has 30 heavy (non-hydrogen) atoms. The van der Waals surface area contributed by atoms with Crippen LogP contribution in [-0.4, -0.2) is 53.8 Å². The number of hydrogen-bond acceptors (Lipinski definition) is 4. The van der Waals surface area contributed by atoms with Crippen LogP contribution in [0.25, 0.3) is 11.0 Å². The lowest BCUT2D eigenvalue weighted by atomic mass is 10.1. The molecule has 1 aromatic heterocycles. The molecule has 11 heteroatoms. The van der Waals surface area contributed by atoms with Gasteiger partial charge < -0.3 is 9.97 Å². The number of benzene rings is 2. The van der Waals surface area contributed by atoms with Crippen LogP contribution in [0.4, 0.5) is 13.2 Å². The third kappa shape index (κ3) is 4.13. The van der Waals surface area contributed by atoms with Gasteiger partial charge in [0, 0.05) is 32.7 Å². The number of hydrogen-bond donors (Lipinski definition) is 2. The van der Waals surface area contributed by atoms with Crippen LogP contribution in [0.15, 0.2) is 52.2 Å². The van der Waals surface area contributed by atoms with Crippen molar-refractivity contribution in [2.45, 2.75) is 17.6 Å². The van der Waals surface area contributed by atoms with Crippen molar-refractivity contribution in [1.29, 1.82) is 0 Å². The summed E-state index contributed by atoms with van der Waals surface area (Å²) in [5, 5.41) is 0. The SMILES string of the molecule is O=c1[nH]c2ccc(S(=O)(=O)N3CCN(Cc4ccc(C(F)(F)F)cc4)CC3)cc2[nH]1. The van der Waals surface area contributed by atoms with Crippen LogP contribution in [0.3, 0.4) is 0 Å². The Balaban J connectivity index is 1.41. The molecule has 1 fully saturated rings. The number of fused-ring (bicyclic) bond motifs is 1. The number of nitrogens with one attached hydrogen (secondary N) is 2. The van der Waals surface area contributed by atoms with Gasteiger partial charge >= 0.3 is 11.9 Å². The van der Waals surface area contributed by atoms with Crippen molar-refractivity contribution in [1.82, 2.24) is 19.2 Å². The molecule has 2 N–H and O–H groups in total. The van der Waals surface area contributed by atoms with Crippen molar-refractivity contribution >= 4 is 21.1 Å². The third-order valence-corrected chi connectivity index (χ3v) is 7.04. The highest BCUT2D eigenvalue weighted by molar-refractivity contribution is 7.89. The van der Waals surface area contributed by atoms with E-state index < -0.39 is 27.5 Å². The highest BCUT2D eigenvalue weighted by Crippen LogP contribution is 2.29. The first kappa shape index (κ1) is 20.6. The normalized spacial score (nSPS) is 16.9. The van der Waals surface area contributed by atoms with Crippen LogP contribution in [0.1, 0.15) is 11.1 Å². The monoisotopic (exact) mass is 440 g/mol. The lowest BCUT2D eigenvalue weighted by Crippen LogP contribution is -2.48. The van der Waals surface area contributed by atoms with Gasteiger partial charge in [-0.15, -0.1) is 0 Å². The van der Waals surface area contributed by atoms with Crippen molar-refractivity contribution in [2.24, 2.45) is 0 Å². The van der Waals surface area contributed by atoms with E-state index in [2.05, 4.69) is 9.97 Å².